The first-order valence-corrected chi connectivity index (χ1v) is 5.60. The van der Waals surface area contributed by atoms with Crippen molar-refractivity contribution in [3.05, 3.63) is 54.0 Å². The van der Waals surface area contributed by atoms with Crippen LogP contribution in [0.4, 0.5) is 5.69 Å². The summed E-state index contributed by atoms with van der Waals surface area (Å²) < 4.78 is 1.84. The molecule has 0 bridgehead atoms. The Morgan fingerprint density at radius 2 is 1.94 bits per heavy atom. The van der Waals surface area contributed by atoms with E-state index in [1.165, 1.54) is 0 Å². The maximum atomic E-state index is 9.75. The highest BCUT2D eigenvalue weighted by molar-refractivity contribution is 5.47. The van der Waals surface area contributed by atoms with Crippen LogP contribution in [0.25, 0.3) is 5.65 Å². The minimum Gasteiger partial charge on any atom is -0.508 e. The van der Waals surface area contributed by atoms with Crippen molar-refractivity contribution in [2.75, 3.05) is 5.73 Å². The molecule has 2 aromatic heterocycles. The van der Waals surface area contributed by atoms with Gasteiger partial charge in [-0.25, -0.2) is 0 Å². The molecule has 90 valence electrons. The van der Waals surface area contributed by atoms with E-state index >= 15 is 0 Å². The highest BCUT2D eigenvalue weighted by Gasteiger charge is 2.08. The van der Waals surface area contributed by atoms with Crippen molar-refractivity contribution >= 4 is 11.3 Å². The Morgan fingerprint density at radius 1 is 1.11 bits per heavy atom. The number of hydrogen-bond acceptors (Lipinski definition) is 4. The van der Waals surface area contributed by atoms with Gasteiger partial charge in [-0.1, -0.05) is 18.2 Å². The molecule has 0 radical (unpaired) electrons. The molecule has 3 rings (SSSR count). The summed E-state index contributed by atoms with van der Waals surface area (Å²) >= 11 is 0. The molecule has 5 heteroatoms. The number of phenols is 1. The first kappa shape index (κ1) is 10.6. The molecular formula is C13H12N4O. The van der Waals surface area contributed by atoms with Gasteiger partial charge in [-0.15, -0.1) is 10.2 Å². The number of para-hydroxylation sites is 1. The third-order valence-electron chi connectivity index (χ3n) is 2.84. The number of aromatic nitrogens is 3. The lowest BCUT2D eigenvalue weighted by molar-refractivity contribution is 0.469. The van der Waals surface area contributed by atoms with Gasteiger partial charge in [-0.2, -0.15) is 0 Å². The molecule has 0 amide bonds. The molecule has 3 aromatic rings. The van der Waals surface area contributed by atoms with Gasteiger partial charge in [0.05, 0.1) is 0 Å². The molecule has 5 nitrogen and oxygen atoms in total. The average molecular weight is 240 g/mol. The molecule has 1 aromatic carbocycles. The maximum absolute atomic E-state index is 9.75. The van der Waals surface area contributed by atoms with Crippen molar-refractivity contribution in [3.63, 3.8) is 0 Å². The Balaban J connectivity index is 2.05. The summed E-state index contributed by atoms with van der Waals surface area (Å²) in [6.07, 6.45) is 2.29. The zero-order valence-corrected chi connectivity index (χ0v) is 9.61. The van der Waals surface area contributed by atoms with Crippen molar-refractivity contribution in [1.82, 2.24) is 14.6 Å². The second kappa shape index (κ2) is 4.03. The molecule has 0 spiro atoms. The number of anilines is 1. The predicted molar refractivity (Wildman–Crippen MR) is 68.3 cm³/mol. The molecule has 0 aliphatic heterocycles. The first-order valence-electron chi connectivity index (χ1n) is 5.60. The van der Waals surface area contributed by atoms with Crippen molar-refractivity contribution < 1.29 is 5.11 Å². The van der Waals surface area contributed by atoms with E-state index in [1.807, 2.05) is 22.6 Å². The molecule has 18 heavy (non-hydrogen) atoms. The molecule has 0 aliphatic rings. The van der Waals surface area contributed by atoms with Crippen LogP contribution in [0.5, 0.6) is 5.75 Å². The number of phenolic OH excluding ortho intramolecular Hbond substituents is 1. The van der Waals surface area contributed by atoms with Gasteiger partial charge in [0.1, 0.15) is 11.6 Å². The summed E-state index contributed by atoms with van der Waals surface area (Å²) in [4.78, 5) is 0. The minimum atomic E-state index is 0.262. The van der Waals surface area contributed by atoms with Gasteiger partial charge < -0.3 is 10.8 Å². The van der Waals surface area contributed by atoms with Gasteiger partial charge in [0, 0.05) is 23.9 Å². The number of rotatable bonds is 2. The van der Waals surface area contributed by atoms with Gasteiger partial charge in [0.2, 0.25) is 0 Å². The highest BCUT2D eigenvalue weighted by atomic mass is 16.3. The van der Waals surface area contributed by atoms with Crippen LogP contribution in [0.1, 0.15) is 11.4 Å². The fourth-order valence-corrected chi connectivity index (χ4v) is 1.91. The quantitative estimate of drug-likeness (QED) is 0.713. The molecule has 0 aliphatic carbocycles. The molecule has 0 saturated heterocycles. The van der Waals surface area contributed by atoms with Crippen molar-refractivity contribution in [2.45, 2.75) is 6.42 Å². The van der Waals surface area contributed by atoms with Crippen LogP contribution in [0.15, 0.2) is 42.6 Å². The molecule has 3 N–H and O–H groups in total. The summed E-state index contributed by atoms with van der Waals surface area (Å²) in [7, 11) is 0. The SMILES string of the molecule is Nc1ccc2nnc(Cc3ccccc3O)n2c1. The second-order valence-corrected chi connectivity index (χ2v) is 4.11. The third kappa shape index (κ3) is 1.75. The molecule has 0 unspecified atom stereocenters. The summed E-state index contributed by atoms with van der Waals surface area (Å²) in [6.45, 7) is 0. The maximum Gasteiger partial charge on any atom is 0.160 e. The topological polar surface area (TPSA) is 76.4 Å². The van der Waals surface area contributed by atoms with Crippen LogP contribution < -0.4 is 5.73 Å². The number of nitrogen functional groups attached to an aromatic ring is 1. The predicted octanol–water partition coefficient (Wildman–Crippen LogP) is 1.61. The van der Waals surface area contributed by atoms with Crippen LogP contribution in [0, 0.1) is 0 Å². The lowest BCUT2D eigenvalue weighted by Gasteiger charge is -2.03. The summed E-state index contributed by atoms with van der Waals surface area (Å²) in [5.41, 5.74) is 7.96. The van der Waals surface area contributed by atoms with E-state index in [0.29, 0.717) is 12.1 Å². The lowest BCUT2D eigenvalue weighted by atomic mass is 10.1. The molecular weight excluding hydrogens is 228 g/mol. The normalized spacial score (nSPS) is 10.9. The van der Waals surface area contributed by atoms with E-state index in [-0.39, 0.29) is 5.75 Å². The third-order valence-corrected chi connectivity index (χ3v) is 2.84. The average Bonchev–Trinajstić information content (AvgIpc) is 2.75. The number of hydrogen-bond donors (Lipinski definition) is 2. The van der Waals surface area contributed by atoms with E-state index in [9.17, 15) is 5.11 Å². The van der Waals surface area contributed by atoms with Crippen molar-refractivity contribution in [1.29, 1.82) is 0 Å². The van der Waals surface area contributed by atoms with E-state index < -0.39 is 0 Å². The number of pyridine rings is 1. The largest absolute Gasteiger partial charge is 0.508 e. The Hall–Kier alpha value is -2.56. The van der Waals surface area contributed by atoms with Gasteiger partial charge in [-0.05, 0) is 18.2 Å². The summed E-state index contributed by atoms with van der Waals surface area (Å²) in [5, 5.41) is 17.9. The van der Waals surface area contributed by atoms with Crippen molar-refractivity contribution in [2.24, 2.45) is 0 Å². The highest BCUT2D eigenvalue weighted by Crippen LogP contribution is 2.19. The smallest absolute Gasteiger partial charge is 0.160 e. The van der Waals surface area contributed by atoms with Gasteiger partial charge >= 0.3 is 0 Å². The van der Waals surface area contributed by atoms with Gasteiger partial charge in [0.25, 0.3) is 0 Å². The van der Waals surface area contributed by atoms with Crippen LogP contribution in [-0.2, 0) is 6.42 Å². The monoisotopic (exact) mass is 240 g/mol. The zero-order chi connectivity index (χ0) is 12.5. The van der Waals surface area contributed by atoms with Gasteiger partial charge in [0.15, 0.2) is 5.65 Å². The Labute approximate surface area is 104 Å². The van der Waals surface area contributed by atoms with Crippen LogP contribution in [0.3, 0.4) is 0 Å². The van der Waals surface area contributed by atoms with Gasteiger partial charge in [-0.3, -0.25) is 4.40 Å². The number of benzene rings is 1. The zero-order valence-electron chi connectivity index (χ0n) is 9.61. The van der Waals surface area contributed by atoms with E-state index in [2.05, 4.69) is 10.2 Å². The molecule has 0 atom stereocenters. The number of nitrogens with zero attached hydrogens (tertiary/aromatic N) is 3. The fraction of sp³-hybridized carbons (Fsp3) is 0.0769. The Morgan fingerprint density at radius 3 is 2.78 bits per heavy atom. The molecule has 0 saturated carbocycles. The summed E-state index contributed by atoms with van der Waals surface area (Å²) in [6, 6.07) is 10.8. The molecule has 2 heterocycles. The fourth-order valence-electron chi connectivity index (χ4n) is 1.91. The van der Waals surface area contributed by atoms with E-state index in [4.69, 9.17) is 5.73 Å². The Bertz CT molecular complexity index is 705. The summed E-state index contributed by atoms with van der Waals surface area (Å²) in [5.74, 6) is 1.01. The molecule has 0 fully saturated rings. The Kier molecular flexibility index (Phi) is 2.37. The van der Waals surface area contributed by atoms with E-state index in [0.717, 1.165) is 17.0 Å². The number of nitrogens with two attached hydrogens (primary N) is 1. The number of aromatic hydroxyl groups is 1. The van der Waals surface area contributed by atoms with E-state index in [1.54, 1.807) is 24.4 Å². The lowest BCUT2D eigenvalue weighted by Crippen LogP contribution is -1.98. The standard InChI is InChI=1S/C13H12N4O/c14-10-5-6-12-15-16-13(17(12)8-10)7-9-3-1-2-4-11(9)18/h1-6,8,18H,7,14H2. The van der Waals surface area contributed by atoms with Crippen LogP contribution >= 0.6 is 0 Å². The second-order valence-electron chi connectivity index (χ2n) is 4.11. The minimum absolute atomic E-state index is 0.262. The van der Waals surface area contributed by atoms with Crippen LogP contribution in [-0.4, -0.2) is 19.7 Å². The number of fused-ring (bicyclic) bond motifs is 1. The van der Waals surface area contributed by atoms with Crippen LogP contribution in [0.2, 0.25) is 0 Å². The first-order chi connectivity index (χ1) is 8.74. The van der Waals surface area contributed by atoms with Crippen molar-refractivity contribution in [3.8, 4) is 5.75 Å².